The first kappa shape index (κ1) is 22.8. The molecule has 0 radical (unpaired) electrons. The van der Waals surface area contributed by atoms with Gasteiger partial charge >= 0.3 is 0 Å². The summed E-state index contributed by atoms with van der Waals surface area (Å²) in [5.74, 6) is 1.77. The number of benzene rings is 2. The van der Waals surface area contributed by atoms with Gasteiger partial charge in [0.1, 0.15) is 0 Å². The SMILES string of the molecule is C=CCc1cc(CN=C(N)Nc2ccc(C)c(C)c2)cc(OC)c1OC.I. The Morgan fingerprint density at radius 1 is 1.15 bits per heavy atom. The maximum atomic E-state index is 6.03. The van der Waals surface area contributed by atoms with Gasteiger partial charge in [-0.05, 0) is 61.2 Å². The number of hydrogen-bond acceptors (Lipinski definition) is 3. The summed E-state index contributed by atoms with van der Waals surface area (Å²) in [4.78, 5) is 4.44. The molecule has 2 aromatic carbocycles. The number of ether oxygens (including phenoxy) is 2. The van der Waals surface area contributed by atoms with Crippen molar-refractivity contribution in [2.75, 3.05) is 19.5 Å². The summed E-state index contributed by atoms with van der Waals surface area (Å²) in [6.45, 7) is 8.38. The van der Waals surface area contributed by atoms with Crippen molar-refractivity contribution in [3.05, 3.63) is 65.2 Å². The molecule has 0 aliphatic carbocycles. The van der Waals surface area contributed by atoms with E-state index in [-0.39, 0.29) is 24.0 Å². The second-order valence-corrected chi connectivity index (χ2v) is 6.11. The van der Waals surface area contributed by atoms with Crippen LogP contribution >= 0.6 is 24.0 Å². The molecule has 0 atom stereocenters. The van der Waals surface area contributed by atoms with E-state index in [0.29, 0.717) is 24.7 Å². The van der Waals surface area contributed by atoms with Crippen LogP contribution in [0.15, 0.2) is 48.0 Å². The van der Waals surface area contributed by atoms with Crippen molar-refractivity contribution in [1.29, 1.82) is 0 Å². The quantitative estimate of drug-likeness (QED) is 0.263. The third-order valence-electron chi connectivity index (χ3n) is 4.19. The molecule has 5 nitrogen and oxygen atoms in total. The van der Waals surface area contributed by atoms with Gasteiger partial charge in [-0.1, -0.05) is 12.1 Å². The van der Waals surface area contributed by atoms with Crippen LogP contribution in [0.5, 0.6) is 11.5 Å². The van der Waals surface area contributed by atoms with E-state index in [1.165, 1.54) is 11.1 Å². The molecule has 0 unspecified atom stereocenters. The summed E-state index contributed by atoms with van der Waals surface area (Å²) >= 11 is 0. The van der Waals surface area contributed by atoms with Crippen LogP contribution in [-0.4, -0.2) is 20.2 Å². The second kappa shape index (κ2) is 10.8. The predicted molar refractivity (Wildman–Crippen MR) is 124 cm³/mol. The first-order valence-electron chi connectivity index (χ1n) is 8.47. The molecular formula is C21H28IN3O2. The lowest BCUT2D eigenvalue weighted by Gasteiger charge is -2.14. The number of nitrogens with one attached hydrogen (secondary N) is 1. The Bertz CT molecular complexity index is 819. The van der Waals surface area contributed by atoms with Crippen molar-refractivity contribution < 1.29 is 9.47 Å². The third kappa shape index (κ3) is 6.16. The molecule has 0 aliphatic heterocycles. The molecular weight excluding hydrogens is 453 g/mol. The average Bonchev–Trinajstić information content (AvgIpc) is 2.63. The molecule has 27 heavy (non-hydrogen) atoms. The fourth-order valence-electron chi connectivity index (χ4n) is 2.69. The van der Waals surface area contributed by atoms with Crippen LogP contribution in [0.25, 0.3) is 0 Å². The van der Waals surface area contributed by atoms with Crippen LogP contribution in [0.1, 0.15) is 22.3 Å². The highest BCUT2D eigenvalue weighted by Crippen LogP contribution is 2.33. The van der Waals surface area contributed by atoms with E-state index in [1.54, 1.807) is 14.2 Å². The number of allylic oxidation sites excluding steroid dienone is 1. The number of aliphatic imine (C=N–C) groups is 1. The zero-order valence-electron chi connectivity index (χ0n) is 16.3. The maximum Gasteiger partial charge on any atom is 0.193 e. The zero-order valence-corrected chi connectivity index (χ0v) is 18.7. The Morgan fingerprint density at radius 3 is 2.48 bits per heavy atom. The van der Waals surface area contributed by atoms with Gasteiger partial charge in [-0.25, -0.2) is 4.99 Å². The first-order chi connectivity index (χ1) is 12.5. The standard InChI is InChI=1S/C21H27N3O2.HI/c1-6-7-17-11-16(12-19(25-4)20(17)26-5)13-23-21(22)24-18-9-8-14(2)15(3)10-18;/h6,8-12H,1,7,13H2,2-5H3,(H3,22,23,24);1H. The third-order valence-corrected chi connectivity index (χ3v) is 4.19. The summed E-state index contributed by atoms with van der Waals surface area (Å²) in [6, 6.07) is 10.1. The minimum absolute atomic E-state index is 0. The minimum atomic E-state index is 0. The van der Waals surface area contributed by atoms with E-state index in [9.17, 15) is 0 Å². The molecule has 0 fully saturated rings. The van der Waals surface area contributed by atoms with E-state index in [0.717, 1.165) is 22.6 Å². The Labute approximate surface area is 178 Å². The van der Waals surface area contributed by atoms with Crippen LogP contribution in [0, 0.1) is 13.8 Å². The molecule has 0 saturated heterocycles. The second-order valence-electron chi connectivity index (χ2n) is 6.11. The van der Waals surface area contributed by atoms with Gasteiger partial charge in [0, 0.05) is 11.3 Å². The summed E-state index contributed by atoms with van der Waals surface area (Å²) in [5.41, 5.74) is 11.4. The Morgan fingerprint density at radius 2 is 1.89 bits per heavy atom. The minimum Gasteiger partial charge on any atom is -0.493 e. The molecule has 0 saturated carbocycles. The van der Waals surface area contributed by atoms with Crippen LogP contribution < -0.4 is 20.5 Å². The zero-order chi connectivity index (χ0) is 19.1. The van der Waals surface area contributed by atoms with Crippen LogP contribution in [0.3, 0.4) is 0 Å². The molecule has 0 spiro atoms. The van der Waals surface area contributed by atoms with Gasteiger partial charge in [0.05, 0.1) is 20.8 Å². The topological polar surface area (TPSA) is 68.9 Å². The number of halogens is 1. The number of rotatable bonds is 7. The van der Waals surface area contributed by atoms with Crippen molar-refractivity contribution in [1.82, 2.24) is 0 Å². The number of nitrogens with zero attached hydrogens (tertiary/aromatic N) is 1. The van der Waals surface area contributed by atoms with Crippen molar-refractivity contribution >= 4 is 35.6 Å². The number of hydrogen-bond donors (Lipinski definition) is 2. The Hall–Kier alpha value is -2.22. The van der Waals surface area contributed by atoms with Crippen molar-refractivity contribution in [3.8, 4) is 11.5 Å². The van der Waals surface area contributed by atoms with E-state index < -0.39 is 0 Å². The molecule has 146 valence electrons. The van der Waals surface area contributed by atoms with Gasteiger partial charge in [-0.15, -0.1) is 30.6 Å². The predicted octanol–water partition coefficient (Wildman–Crippen LogP) is 4.59. The van der Waals surface area contributed by atoms with Crippen molar-refractivity contribution in [3.63, 3.8) is 0 Å². The first-order valence-corrected chi connectivity index (χ1v) is 8.47. The molecule has 0 aliphatic rings. The molecule has 0 amide bonds. The highest BCUT2D eigenvalue weighted by molar-refractivity contribution is 14.0. The van der Waals surface area contributed by atoms with Crippen molar-refractivity contribution in [2.45, 2.75) is 26.8 Å². The van der Waals surface area contributed by atoms with Crippen LogP contribution in [0.4, 0.5) is 5.69 Å². The molecule has 6 heteroatoms. The number of nitrogens with two attached hydrogens (primary N) is 1. The maximum absolute atomic E-state index is 6.03. The summed E-state index contributed by atoms with van der Waals surface area (Å²) in [6.07, 6.45) is 2.52. The largest absolute Gasteiger partial charge is 0.493 e. The van der Waals surface area contributed by atoms with E-state index in [1.807, 2.05) is 24.3 Å². The molecule has 0 aromatic heterocycles. The van der Waals surface area contributed by atoms with Crippen LogP contribution in [0.2, 0.25) is 0 Å². The lowest BCUT2D eigenvalue weighted by atomic mass is 10.1. The highest BCUT2D eigenvalue weighted by atomic mass is 127. The highest BCUT2D eigenvalue weighted by Gasteiger charge is 2.11. The monoisotopic (exact) mass is 481 g/mol. The van der Waals surface area contributed by atoms with Crippen molar-refractivity contribution in [2.24, 2.45) is 10.7 Å². The summed E-state index contributed by atoms with van der Waals surface area (Å²) in [5, 5.41) is 3.13. The van der Waals surface area contributed by atoms with E-state index >= 15 is 0 Å². The summed E-state index contributed by atoms with van der Waals surface area (Å²) < 4.78 is 10.9. The Kier molecular flexibility index (Phi) is 9.14. The van der Waals surface area contributed by atoms with E-state index in [2.05, 4.69) is 42.9 Å². The normalized spacial score (nSPS) is 10.7. The van der Waals surface area contributed by atoms with Gasteiger partial charge in [0.25, 0.3) is 0 Å². The average molecular weight is 481 g/mol. The smallest absolute Gasteiger partial charge is 0.193 e. The van der Waals surface area contributed by atoms with Gasteiger partial charge in [0.2, 0.25) is 0 Å². The Balaban J connectivity index is 0.00000364. The lowest BCUT2D eigenvalue weighted by molar-refractivity contribution is 0.352. The fourth-order valence-corrected chi connectivity index (χ4v) is 2.69. The number of guanidine groups is 1. The molecule has 3 N–H and O–H groups in total. The molecule has 2 rings (SSSR count). The summed E-state index contributed by atoms with van der Waals surface area (Å²) in [7, 11) is 3.26. The number of aryl methyl sites for hydroxylation is 2. The fraction of sp³-hybridized carbons (Fsp3) is 0.286. The van der Waals surface area contributed by atoms with Gasteiger partial charge in [-0.2, -0.15) is 0 Å². The molecule has 0 heterocycles. The number of anilines is 1. The molecule has 0 bridgehead atoms. The van der Waals surface area contributed by atoms with Gasteiger partial charge < -0.3 is 20.5 Å². The molecule has 2 aromatic rings. The van der Waals surface area contributed by atoms with Gasteiger partial charge in [-0.3, -0.25) is 0 Å². The van der Waals surface area contributed by atoms with E-state index in [4.69, 9.17) is 15.2 Å². The number of methoxy groups -OCH3 is 2. The van der Waals surface area contributed by atoms with Gasteiger partial charge in [0.15, 0.2) is 17.5 Å². The van der Waals surface area contributed by atoms with Crippen LogP contribution in [-0.2, 0) is 13.0 Å². The lowest BCUT2D eigenvalue weighted by Crippen LogP contribution is -2.22.